The van der Waals surface area contributed by atoms with Crippen molar-refractivity contribution in [1.29, 1.82) is 0 Å². The average Bonchev–Trinajstić information content (AvgIpc) is 2.38. The van der Waals surface area contributed by atoms with Gasteiger partial charge in [0.15, 0.2) is 0 Å². The Kier molecular flexibility index (Phi) is 4.93. The maximum atomic E-state index is 11.3. The molecular weight excluding hydrogens is 246 g/mol. The molecule has 3 nitrogen and oxygen atoms in total. The lowest BCUT2D eigenvalue weighted by atomic mass is 10.0. The summed E-state index contributed by atoms with van der Waals surface area (Å²) in [5, 5.41) is 2.89. The number of fused-ring (bicyclic) bond motifs is 1. The lowest BCUT2D eigenvalue weighted by Crippen LogP contribution is -2.18. The van der Waals surface area contributed by atoms with Crippen LogP contribution in [0.2, 0.25) is 0 Å². The van der Waals surface area contributed by atoms with Gasteiger partial charge in [-0.3, -0.25) is 4.79 Å². The number of thioether (sulfide) groups is 1. The molecule has 0 unspecified atom stereocenters. The van der Waals surface area contributed by atoms with E-state index >= 15 is 0 Å². The van der Waals surface area contributed by atoms with E-state index in [9.17, 15) is 4.79 Å². The predicted molar refractivity (Wildman–Crippen MR) is 76.5 cm³/mol. The molecule has 1 aromatic carbocycles. The van der Waals surface area contributed by atoms with E-state index in [1.807, 2.05) is 30.0 Å². The Morgan fingerprint density at radius 1 is 1.39 bits per heavy atom. The molecule has 1 N–H and O–H groups in total. The topological polar surface area (TPSA) is 38.3 Å². The van der Waals surface area contributed by atoms with Crippen LogP contribution in [0, 0.1) is 0 Å². The number of ether oxygens (including phenoxy) is 1. The maximum Gasteiger partial charge on any atom is 0.224 e. The Morgan fingerprint density at radius 2 is 2.28 bits per heavy atom. The molecule has 1 heterocycles. The van der Waals surface area contributed by atoms with Crippen LogP contribution in [0.3, 0.4) is 0 Å². The quantitative estimate of drug-likeness (QED) is 0.803. The standard InChI is InChI=1S/C14H19NO2S/c1-2-18-9-3-8-17-12-6-4-11-5-7-14(16)15-13(11)10-12/h4,6,10H,2-3,5,7-9H2,1H3,(H,15,16). The summed E-state index contributed by atoms with van der Waals surface area (Å²) >= 11 is 1.93. The first kappa shape index (κ1) is 13.3. The molecule has 1 aliphatic heterocycles. The summed E-state index contributed by atoms with van der Waals surface area (Å²) in [6, 6.07) is 5.97. The SMILES string of the molecule is CCSCCCOc1ccc2c(c1)NC(=O)CC2. The van der Waals surface area contributed by atoms with Crippen molar-refractivity contribution in [3.8, 4) is 5.75 Å². The number of rotatable bonds is 6. The number of carbonyl (C=O) groups excluding carboxylic acids is 1. The van der Waals surface area contributed by atoms with Gasteiger partial charge in [-0.15, -0.1) is 0 Å². The van der Waals surface area contributed by atoms with E-state index in [0.29, 0.717) is 6.42 Å². The smallest absolute Gasteiger partial charge is 0.224 e. The van der Waals surface area contributed by atoms with Crippen LogP contribution in [-0.4, -0.2) is 24.0 Å². The minimum absolute atomic E-state index is 0.0963. The highest BCUT2D eigenvalue weighted by Gasteiger charge is 2.14. The van der Waals surface area contributed by atoms with Gasteiger partial charge >= 0.3 is 0 Å². The van der Waals surface area contributed by atoms with E-state index in [4.69, 9.17) is 4.74 Å². The molecule has 0 saturated carbocycles. The van der Waals surface area contributed by atoms with E-state index in [1.165, 1.54) is 5.56 Å². The Bertz CT molecular complexity index is 420. The normalized spacial score (nSPS) is 13.9. The van der Waals surface area contributed by atoms with Crippen molar-refractivity contribution in [1.82, 2.24) is 0 Å². The highest BCUT2D eigenvalue weighted by Crippen LogP contribution is 2.27. The van der Waals surface area contributed by atoms with Gasteiger partial charge in [0.05, 0.1) is 6.61 Å². The molecule has 0 aromatic heterocycles. The Labute approximate surface area is 112 Å². The third kappa shape index (κ3) is 3.67. The van der Waals surface area contributed by atoms with Crippen LogP contribution in [0.4, 0.5) is 5.69 Å². The Balaban J connectivity index is 1.86. The molecule has 18 heavy (non-hydrogen) atoms. The number of nitrogens with one attached hydrogen (secondary N) is 1. The lowest BCUT2D eigenvalue weighted by Gasteiger charge is -2.17. The molecule has 0 atom stereocenters. The molecular formula is C14H19NO2S. The van der Waals surface area contributed by atoms with Gasteiger partial charge in [0.25, 0.3) is 0 Å². The molecule has 0 saturated heterocycles. The first-order valence-electron chi connectivity index (χ1n) is 6.43. The largest absolute Gasteiger partial charge is 0.493 e. The maximum absolute atomic E-state index is 11.3. The van der Waals surface area contributed by atoms with Crippen LogP contribution in [0.5, 0.6) is 5.75 Å². The summed E-state index contributed by atoms with van der Waals surface area (Å²) in [4.78, 5) is 11.3. The summed E-state index contributed by atoms with van der Waals surface area (Å²) in [7, 11) is 0. The zero-order chi connectivity index (χ0) is 12.8. The van der Waals surface area contributed by atoms with Crippen molar-refractivity contribution < 1.29 is 9.53 Å². The number of anilines is 1. The summed E-state index contributed by atoms with van der Waals surface area (Å²) in [5.41, 5.74) is 2.11. The first-order valence-corrected chi connectivity index (χ1v) is 7.58. The number of hydrogen-bond donors (Lipinski definition) is 1. The van der Waals surface area contributed by atoms with E-state index in [2.05, 4.69) is 12.2 Å². The van der Waals surface area contributed by atoms with Crippen LogP contribution >= 0.6 is 11.8 Å². The molecule has 0 fully saturated rings. The van der Waals surface area contributed by atoms with Crippen LogP contribution < -0.4 is 10.1 Å². The zero-order valence-electron chi connectivity index (χ0n) is 10.7. The zero-order valence-corrected chi connectivity index (χ0v) is 11.5. The Morgan fingerprint density at radius 3 is 3.11 bits per heavy atom. The van der Waals surface area contributed by atoms with Gasteiger partial charge in [-0.2, -0.15) is 11.8 Å². The van der Waals surface area contributed by atoms with Crippen molar-refractivity contribution >= 4 is 23.4 Å². The molecule has 1 amide bonds. The fraction of sp³-hybridized carbons (Fsp3) is 0.500. The minimum Gasteiger partial charge on any atom is -0.493 e. The number of hydrogen-bond acceptors (Lipinski definition) is 3. The van der Waals surface area contributed by atoms with E-state index < -0.39 is 0 Å². The van der Waals surface area contributed by atoms with E-state index in [0.717, 1.165) is 42.4 Å². The molecule has 0 bridgehead atoms. The second-order valence-corrected chi connectivity index (χ2v) is 5.66. The average molecular weight is 265 g/mol. The van der Waals surface area contributed by atoms with Crippen LogP contribution in [0.1, 0.15) is 25.3 Å². The molecule has 4 heteroatoms. The van der Waals surface area contributed by atoms with Gasteiger partial charge in [0.2, 0.25) is 5.91 Å². The van der Waals surface area contributed by atoms with Crippen molar-refractivity contribution in [2.75, 3.05) is 23.4 Å². The van der Waals surface area contributed by atoms with Crippen molar-refractivity contribution in [2.45, 2.75) is 26.2 Å². The van der Waals surface area contributed by atoms with Gasteiger partial charge in [-0.25, -0.2) is 0 Å². The fourth-order valence-corrected chi connectivity index (χ4v) is 2.55. The van der Waals surface area contributed by atoms with Gasteiger partial charge in [0.1, 0.15) is 5.75 Å². The fourth-order valence-electron chi connectivity index (χ4n) is 1.94. The van der Waals surface area contributed by atoms with E-state index in [1.54, 1.807) is 0 Å². The van der Waals surface area contributed by atoms with Crippen LogP contribution in [0.15, 0.2) is 18.2 Å². The Hall–Kier alpha value is -1.16. The summed E-state index contributed by atoms with van der Waals surface area (Å²) in [6.07, 6.45) is 2.47. The number of carbonyl (C=O) groups is 1. The van der Waals surface area contributed by atoms with Crippen LogP contribution in [-0.2, 0) is 11.2 Å². The highest BCUT2D eigenvalue weighted by molar-refractivity contribution is 7.99. The lowest BCUT2D eigenvalue weighted by molar-refractivity contribution is -0.116. The van der Waals surface area contributed by atoms with Crippen LogP contribution in [0.25, 0.3) is 0 Å². The van der Waals surface area contributed by atoms with Gasteiger partial charge in [-0.1, -0.05) is 13.0 Å². The second-order valence-electron chi connectivity index (χ2n) is 4.27. The molecule has 0 radical (unpaired) electrons. The minimum atomic E-state index is 0.0963. The molecule has 1 aliphatic rings. The number of amides is 1. The highest BCUT2D eigenvalue weighted by atomic mass is 32.2. The van der Waals surface area contributed by atoms with Gasteiger partial charge < -0.3 is 10.1 Å². The summed E-state index contributed by atoms with van der Waals surface area (Å²) in [5.74, 6) is 3.24. The number of aryl methyl sites for hydroxylation is 1. The second kappa shape index (κ2) is 6.69. The third-order valence-corrected chi connectivity index (χ3v) is 3.87. The van der Waals surface area contributed by atoms with Gasteiger partial charge in [-0.05, 0) is 36.0 Å². The van der Waals surface area contributed by atoms with Crippen molar-refractivity contribution in [3.63, 3.8) is 0 Å². The van der Waals surface area contributed by atoms with Crippen molar-refractivity contribution in [2.24, 2.45) is 0 Å². The van der Waals surface area contributed by atoms with E-state index in [-0.39, 0.29) is 5.91 Å². The number of benzene rings is 1. The first-order chi connectivity index (χ1) is 8.79. The summed E-state index contributed by atoms with van der Waals surface area (Å²) < 4.78 is 5.69. The monoisotopic (exact) mass is 265 g/mol. The molecule has 0 aliphatic carbocycles. The molecule has 0 spiro atoms. The summed E-state index contributed by atoms with van der Waals surface area (Å²) in [6.45, 7) is 2.90. The molecule has 98 valence electrons. The van der Waals surface area contributed by atoms with Crippen molar-refractivity contribution in [3.05, 3.63) is 23.8 Å². The predicted octanol–water partition coefficient (Wildman–Crippen LogP) is 3.09. The third-order valence-electron chi connectivity index (χ3n) is 2.88. The molecule has 1 aromatic rings. The van der Waals surface area contributed by atoms with Gasteiger partial charge in [0, 0.05) is 18.2 Å². The molecule has 2 rings (SSSR count).